The van der Waals surface area contributed by atoms with E-state index in [1.807, 2.05) is 0 Å². The minimum absolute atomic E-state index is 0.0749. The van der Waals surface area contributed by atoms with Crippen LogP contribution in [0.15, 0.2) is 22.9 Å². The smallest absolute Gasteiger partial charge is 0.247 e. The van der Waals surface area contributed by atoms with Crippen LogP contribution in [0.25, 0.3) is 0 Å². The molecule has 1 unspecified atom stereocenters. The number of pyridine rings is 1. The third kappa shape index (κ3) is 2.57. The molecule has 1 atom stereocenters. The Kier molecular flexibility index (Phi) is 3.19. The van der Waals surface area contributed by atoms with Gasteiger partial charge in [-0.2, -0.15) is 0 Å². The van der Waals surface area contributed by atoms with E-state index in [0.29, 0.717) is 23.1 Å². The van der Waals surface area contributed by atoms with Crippen LogP contribution < -0.4 is 10.6 Å². The van der Waals surface area contributed by atoms with Crippen molar-refractivity contribution in [3.63, 3.8) is 0 Å². The number of rotatable bonds is 2. The quantitative estimate of drug-likeness (QED) is 0.798. The van der Waals surface area contributed by atoms with E-state index in [2.05, 4.69) is 31.5 Å². The zero-order chi connectivity index (χ0) is 11.5. The molecule has 0 bridgehead atoms. The number of nitrogens with one attached hydrogen (secondary N) is 2. The summed E-state index contributed by atoms with van der Waals surface area (Å²) in [6.07, 6.45) is 2.52. The van der Waals surface area contributed by atoms with Gasteiger partial charge in [-0.3, -0.25) is 9.59 Å². The number of carbonyl (C=O) groups is 2. The highest BCUT2D eigenvalue weighted by Gasteiger charge is 2.26. The third-order valence-corrected chi connectivity index (χ3v) is 2.78. The average Bonchev–Trinajstić information content (AvgIpc) is 2.68. The van der Waals surface area contributed by atoms with Gasteiger partial charge in [-0.25, -0.2) is 4.98 Å². The summed E-state index contributed by atoms with van der Waals surface area (Å²) in [5.74, 6) is -0.274. The van der Waals surface area contributed by atoms with Gasteiger partial charge in [-0.05, 0) is 34.5 Å². The van der Waals surface area contributed by atoms with E-state index in [9.17, 15) is 9.59 Å². The van der Waals surface area contributed by atoms with Crippen LogP contribution in [0.4, 0.5) is 5.69 Å². The van der Waals surface area contributed by atoms with E-state index in [4.69, 9.17) is 0 Å². The highest BCUT2D eigenvalue weighted by Crippen LogP contribution is 2.13. The molecule has 2 N–H and O–H groups in total. The zero-order valence-electron chi connectivity index (χ0n) is 8.37. The molecule has 2 amide bonds. The Labute approximate surface area is 101 Å². The van der Waals surface area contributed by atoms with Gasteiger partial charge < -0.3 is 10.6 Å². The minimum atomic E-state index is -0.420. The van der Waals surface area contributed by atoms with Gasteiger partial charge in [0, 0.05) is 6.42 Å². The number of halogens is 1. The summed E-state index contributed by atoms with van der Waals surface area (Å²) in [4.78, 5) is 26.6. The van der Waals surface area contributed by atoms with E-state index >= 15 is 0 Å². The van der Waals surface area contributed by atoms with Crippen molar-refractivity contribution >= 4 is 33.4 Å². The van der Waals surface area contributed by atoms with Crippen molar-refractivity contribution in [3.05, 3.63) is 22.9 Å². The molecule has 0 aliphatic carbocycles. The summed E-state index contributed by atoms with van der Waals surface area (Å²) in [5, 5.41) is 5.30. The summed E-state index contributed by atoms with van der Waals surface area (Å²) in [6.45, 7) is 0. The SMILES string of the molecule is O=C1CCC(C(=O)Nc2ccc(Br)nc2)N1. The maximum Gasteiger partial charge on any atom is 0.247 e. The molecule has 1 saturated heterocycles. The standard InChI is InChI=1S/C10H10BrN3O2/c11-8-3-1-6(5-12-8)13-10(16)7-2-4-9(15)14-7/h1,3,5,7H,2,4H2,(H,13,16)(H,14,15). The van der Waals surface area contributed by atoms with Gasteiger partial charge >= 0.3 is 0 Å². The molecule has 6 heteroatoms. The van der Waals surface area contributed by atoms with Crippen LogP contribution in [0, 0.1) is 0 Å². The van der Waals surface area contributed by atoms with Crippen molar-refractivity contribution in [1.82, 2.24) is 10.3 Å². The monoisotopic (exact) mass is 283 g/mol. The lowest BCUT2D eigenvalue weighted by molar-refractivity contribution is -0.122. The van der Waals surface area contributed by atoms with Gasteiger partial charge in [0.2, 0.25) is 11.8 Å². The summed E-state index contributed by atoms with van der Waals surface area (Å²) >= 11 is 3.20. The highest BCUT2D eigenvalue weighted by atomic mass is 79.9. The molecule has 0 saturated carbocycles. The second-order valence-electron chi connectivity index (χ2n) is 3.52. The molecule has 16 heavy (non-hydrogen) atoms. The fraction of sp³-hybridized carbons (Fsp3) is 0.300. The Morgan fingerprint density at radius 1 is 1.56 bits per heavy atom. The number of anilines is 1. The van der Waals surface area contributed by atoms with Crippen molar-refractivity contribution in [3.8, 4) is 0 Å². The van der Waals surface area contributed by atoms with Gasteiger partial charge in [0.05, 0.1) is 11.9 Å². The molecule has 2 rings (SSSR count). The Morgan fingerprint density at radius 3 is 2.94 bits per heavy atom. The summed E-state index contributed by atoms with van der Waals surface area (Å²) < 4.78 is 0.708. The Hall–Kier alpha value is -1.43. The fourth-order valence-corrected chi connectivity index (χ4v) is 1.72. The topological polar surface area (TPSA) is 71.1 Å². The average molecular weight is 284 g/mol. The van der Waals surface area contributed by atoms with Gasteiger partial charge in [-0.15, -0.1) is 0 Å². The van der Waals surface area contributed by atoms with Gasteiger partial charge in [-0.1, -0.05) is 0 Å². The molecule has 1 aliphatic heterocycles. The van der Waals surface area contributed by atoms with E-state index in [-0.39, 0.29) is 11.8 Å². The van der Waals surface area contributed by atoms with E-state index in [0.717, 1.165) is 0 Å². The molecule has 1 aromatic heterocycles. The lowest BCUT2D eigenvalue weighted by Crippen LogP contribution is -2.37. The lowest BCUT2D eigenvalue weighted by atomic mass is 10.2. The van der Waals surface area contributed by atoms with E-state index in [1.54, 1.807) is 18.3 Å². The zero-order valence-corrected chi connectivity index (χ0v) is 9.95. The number of carbonyl (C=O) groups excluding carboxylic acids is 2. The molecule has 5 nitrogen and oxygen atoms in total. The molecule has 1 fully saturated rings. The number of hydrogen-bond acceptors (Lipinski definition) is 3. The highest BCUT2D eigenvalue weighted by molar-refractivity contribution is 9.10. The first-order valence-corrected chi connectivity index (χ1v) is 5.66. The molecule has 1 aromatic rings. The Bertz CT molecular complexity index is 419. The predicted molar refractivity (Wildman–Crippen MR) is 61.7 cm³/mol. The van der Waals surface area contributed by atoms with Crippen LogP contribution in [0.5, 0.6) is 0 Å². The van der Waals surface area contributed by atoms with Crippen molar-refractivity contribution in [2.45, 2.75) is 18.9 Å². The van der Waals surface area contributed by atoms with Gasteiger partial charge in [0.1, 0.15) is 10.6 Å². The number of hydrogen-bond donors (Lipinski definition) is 2. The first-order valence-electron chi connectivity index (χ1n) is 4.87. The van der Waals surface area contributed by atoms with Crippen LogP contribution in [0.1, 0.15) is 12.8 Å². The molecule has 0 spiro atoms. The Morgan fingerprint density at radius 2 is 2.38 bits per heavy atom. The first kappa shape index (κ1) is 11.1. The maximum absolute atomic E-state index is 11.7. The normalized spacial score (nSPS) is 19.3. The fourth-order valence-electron chi connectivity index (χ4n) is 1.49. The molecule has 0 radical (unpaired) electrons. The van der Waals surface area contributed by atoms with Gasteiger partial charge in [0.15, 0.2) is 0 Å². The Balaban J connectivity index is 1.97. The third-order valence-electron chi connectivity index (χ3n) is 2.31. The van der Waals surface area contributed by atoms with Crippen LogP contribution in [-0.4, -0.2) is 22.8 Å². The van der Waals surface area contributed by atoms with E-state index < -0.39 is 6.04 Å². The molecule has 1 aliphatic rings. The predicted octanol–water partition coefficient (Wildman–Crippen LogP) is 1.06. The first-order chi connectivity index (χ1) is 7.65. The molecule has 84 valence electrons. The molecular weight excluding hydrogens is 274 g/mol. The second-order valence-corrected chi connectivity index (χ2v) is 4.33. The van der Waals surface area contributed by atoms with Crippen molar-refractivity contribution < 1.29 is 9.59 Å². The van der Waals surface area contributed by atoms with Crippen molar-refractivity contribution in [2.75, 3.05) is 5.32 Å². The lowest BCUT2D eigenvalue weighted by Gasteiger charge is -2.10. The van der Waals surface area contributed by atoms with Crippen LogP contribution in [0.2, 0.25) is 0 Å². The summed E-state index contributed by atoms with van der Waals surface area (Å²) in [6, 6.07) is 3.06. The maximum atomic E-state index is 11.7. The molecule has 2 heterocycles. The second kappa shape index (κ2) is 4.61. The largest absolute Gasteiger partial charge is 0.344 e. The number of amides is 2. The molecule has 0 aromatic carbocycles. The minimum Gasteiger partial charge on any atom is -0.344 e. The summed E-state index contributed by atoms with van der Waals surface area (Å²) in [7, 11) is 0. The van der Waals surface area contributed by atoms with E-state index in [1.165, 1.54) is 0 Å². The number of nitrogens with zero attached hydrogens (tertiary/aromatic N) is 1. The summed E-state index contributed by atoms with van der Waals surface area (Å²) in [5.41, 5.74) is 0.620. The van der Waals surface area contributed by atoms with Crippen LogP contribution >= 0.6 is 15.9 Å². The molecular formula is C10H10BrN3O2. The van der Waals surface area contributed by atoms with Crippen molar-refractivity contribution in [1.29, 1.82) is 0 Å². The van der Waals surface area contributed by atoms with Crippen LogP contribution in [-0.2, 0) is 9.59 Å². The van der Waals surface area contributed by atoms with Crippen LogP contribution in [0.3, 0.4) is 0 Å². The van der Waals surface area contributed by atoms with Gasteiger partial charge in [0.25, 0.3) is 0 Å². The van der Waals surface area contributed by atoms with Crippen molar-refractivity contribution in [2.24, 2.45) is 0 Å². The number of aromatic nitrogens is 1.